The van der Waals surface area contributed by atoms with E-state index in [4.69, 9.17) is 0 Å². The van der Waals surface area contributed by atoms with Crippen LogP contribution in [0, 0.1) is 0 Å². The van der Waals surface area contributed by atoms with E-state index < -0.39 is 0 Å². The Kier molecular flexibility index (Phi) is 3.00. The Morgan fingerprint density at radius 1 is 1.50 bits per heavy atom. The van der Waals surface area contributed by atoms with Crippen LogP contribution in [0.3, 0.4) is 0 Å². The molecule has 1 N–H and O–H groups in total. The van der Waals surface area contributed by atoms with Gasteiger partial charge < -0.3 is 5.32 Å². The van der Waals surface area contributed by atoms with Crippen molar-refractivity contribution >= 4 is 11.0 Å². The van der Waals surface area contributed by atoms with Crippen molar-refractivity contribution in [1.29, 1.82) is 0 Å². The molecule has 0 aliphatic rings. The minimum Gasteiger partial charge on any atom is -0.320 e. The predicted molar refractivity (Wildman–Crippen MR) is 61.3 cm³/mol. The smallest absolute Gasteiger partial charge is 0.264 e. The van der Waals surface area contributed by atoms with Crippen molar-refractivity contribution in [1.82, 2.24) is 24.6 Å². The van der Waals surface area contributed by atoms with Crippen molar-refractivity contribution in [3.63, 3.8) is 0 Å². The van der Waals surface area contributed by atoms with Gasteiger partial charge in [0.15, 0.2) is 5.65 Å². The van der Waals surface area contributed by atoms with Crippen LogP contribution in [0.2, 0.25) is 0 Å². The topological polar surface area (TPSA) is 64.7 Å². The summed E-state index contributed by atoms with van der Waals surface area (Å²) in [4.78, 5) is 16.2. The highest BCUT2D eigenvalue weighted by atomic mass is 16.1. The molecule has 0 aliphatic heterocycles. The van der Waals surface area contributed by atoms with Crippen LogP contribution in [-0.2, 0) is 13.6 Å². The molecule has 86 valence electrons. The lowest BCUT2D eigenvalue weighted by atomic mass is 10.4. The first-order valence-corrected chi connectivity index (χ1v) is 5.26. The van der Waals surface area contributed by atoms with Gasteiger partial charge in [0.05, 0.1) is 12.5 Å². The van der Waals surface area contributed by atoms with E-state index >= 15 is 0 Å². The fourth-order valence-corrected chi connectivity index (χ4v) is 1.65. The second-order valence-electron chi connectivity index (χ2n) is 3.71. The predicted octanol–water partition coefficient (Wildman–Crippen LogP) is -0.261. The molecule has 2 aromatic heterocycles. The van der Waals surface area contributed by atoms with Gasteiger partial charge in [0.2, 0.25) is 0 Å². The zero-order valence-electron chi connectivity index (χ0n) is 9.47. The Labute approximate surface area is 92.9 Å². The van der Waals surface area contributed by atoms with Gasteiger partial charge in [-0.2, -0.15) is 5.10 Å². The molecule has 0 radical (unpaired) electrons. The molecule has 0 saturated heterocycles. The molecule has 0 saturated carbocycles. The van der Waals surface area contributed by atoms with E-state index in [0.29, 0.717) is 17.6 Å². The molecule has 6 heteroatoms. The van der Waals surface area contributed by atoms with Crippen LogP contribution in [0.15, 0.2) is 17.3 Å². The zero-order valence-corrected chi connectivity index (χ0v) is 9.47. The molecule has 0 fully saturated rings. The van der Waals surface area contributed by atoms with E-state index in [0.717, 1.165) is 13.0 Å². The van der Waals surface area contributed by atoms with Crippen molar-refractivity contribution in [2.24, 2.45) is 7.05 Å². The van der Waals surface area contributed by atoms with Crippen molar-refractivity contribution in [3.05, 3.63) is 22.9 Å². The average Bonchev–Trinajstić information content (AvgIpc) is 2.65. The van der Waals surface area contributed by atoms with E-state index in [9.17, 15) is 4.79 Å². The maximum atomic E-state index is 12.0. The summed E-state index contributed by atoms with van der Waals surface area (Å²) >= 11 is 0. The van der Waals surface area contributed by atoms with Gasteiger partial charge in [0, 0.05) is 13.6 Å². The summed E-state index contributed by atoms with van der Waals surface area (Å²) < 4.78 is 3.23. The molecule has 2 rings (SSSR count). The number of aryl methyl sites for hydroxylation is 2. The number of hydrogen-bond acceptors (Lipinski definition) is 4. The fraction of sp³-hybridized carbons (Fsp3) is 0.500. The van der Waals surface area contributed by atoms with Crippen LogP contribution in [-0.4, -0.2) is 32.9 Å². The molecule has 16 heavy (non-hydrogen) atoms. The molecular formula is C10H15N5O. The third-order valence-electron chi connectivity index (χ3n) is 2.54. The third-order valence-corrected chi connectivity index (χ3v) is 2.54. The van der Waals surface area contributed by atoms with Crippen LogP contribution in [0.1, 0.15) is 6.42 Å². The van der Waals surface area contributed by atoms with E-state index in [1.807, 2.05) is 7.05 Å². The molecule has 2 aromatic rings. The Hall–Kier alpha value is -1.69. The van der Waals surface area contributed by atoms with Crippen LogP contribution in [0.4, 0.5) is 0 Å². The summed E-state index contributed by atoms with van der Waals surface area (Å²) in [5.41, 5.74) is 0.615. The van der Waals surface area contributed by atoms with Crippen molar-refractivity contribution in [2.45, 2.75) is 13.0 Å². The Morgan fingerprint density at radius 3 is 3.06 bits per heavy atom. The number of hydrogen-bond donors (Lipinski definition) is 1. The molecule has 0 amide bonds. The number of fused-ring (bicyclic) bond motifs is 1. The van der Waals surface area contributed by atoms with Gasteiger partial charge in [-0.3, -0.25) is 14.0 Å². The minimum atomic E-state index is -0.0193. The lowest BCUT2D eigenvalue weighted by Crippen LogP contribution is -2.22. The summed E-state index contributed by atoms with van der Waals surface area (Å²) in [6.07, 6.45) is 4.06. The van der Waals surface area contributed by atoms with E-state index in [-0.39, 0.29) is 5.56 Å². The number of nitrogens with zero attached hydrogens (tertiary/aromatic N) is 4. The van der Waals surface area contributed by atoms with Crippen LogP contribution < -0.4 is 10.9 Å². The van der Waals surface area contributed by atoms with Crippen LogP contribution in [0.25, 0.3) is 11.0 Å². The summed E-state index contributed by atoms with van der Waals surface area (Å²) in [5.74, 6) is 0. The van der Waals surface area contributed by atoms with Crippen LogP contribution in [0.5, 0.6) is 0 Å². The minimum absolute atomic E-state index is 0.0193. The number of aromatic nitrogens is 4. The van der Waals surface area contributed by atoms with Gasteiger partial charge in [-0.05, 0) is 20.0 Å². The Morgan fingerprint density at radius 2 is 2.31 bits per heavy atom. The molecule has 0 aromatic carbocycles. The van der Waals surface area contributed by atoms with Gasteiger partial charge in [0.25, 0.3) is 5.56 Å². The van der Waals surface area contributed by atoms with Gasteiger partial charge in [-0.1, -0.05) is 0 Å². The normalized spacial score (nSPS) is 11.1. The van der Waals surface area contributed by atoms with Gasteiger partial charge >= 0.3 is 0 Å². The van der Waals surface area contributed by atoms with E-state index in [2.05, 4.69) is 15.4 Å². The summed E-state index contributed by atoms with van der Waals surface area (Å²) in [6.45, 7) is 1.56. The van der Waals surface area contributed by atoms with Crippen molar-refractivity contribution < 1.29 is 0 Å². The quantitative estimate of drug-likeness (QED) is 0.722. The number of nitrogens with one attached hydrogen (secondary N) is 1. The standard InChI is InChI=1S/C10H15N5O/c1-11-4-3-5-15-7-12-9-8(10(15)16)6-13-14(9)2/h6-7,11H,3-5H2,1-2H3. The molecular weight excluding hydrogens is 206 g/mol. The van der Waals surface area contributed by atoms with Gasteiger partial charge in [-0.15, -0.1) is 0 Å². The monoisotopic (exact) mass is 221 g/mol. The maximum absolute atomic E-state index is 12.0. The largest absolute Gasteiger partial charge is 0.320 e. The summed E-state index contributed by atoms with van der Waals surface area (Å²) in [7, 11) is 3.67. The summed E-state index contributed by atoms with van der Waals surface area (Å²) in [6, 6.07) is 0. The molecule has 2 heterocycles. The second kappa shape index (κ2) is 4.44. The highest BCUT2D eigenvalue weighted by Gasteiger charge is 2.07. The first kappa shape index (κ1) is 10.8. The van der Waals surface area contributed by atoms with Crippen molar-refractivity contribution in [2.75, 3.05) is 13.6 Å². The molecule has 6 nitrogen and oxygen atoms in total. The maximum Gasteiger partial charge on any atom is 0.264 e. The fourth-order valence-electron chi connectivity index (χ4n) is 1.65. The highest BCUT2D eigenvalue weighted by molar-refractivity contribution is 5.72. The van der Waals surface area contributed by atoms with Crippen LogP contribution >= 0.6 is 0 Å². The van der Waals surface area contributed by atoms with Crippen molar-refractivity contribution in [3.8, 4) is 0 Å². The first-order valence-electron chi connectivity index (χ1n) is 5.26. The molecule has 0 spiro atoms. The molecule has 0 bridgehead atoms. The van der Waals surface area contributed by atoms with Gasteiger partial charge in [0.1, 0.15) is 5.39 Å². The first-order chi connectivity index (χ1) is 7.74. The average molecular weight is 221 g/mol. The zero-order chi connectivity index (χ0) is 11.5. The number of rotatable bonds is 4. The lowest BCUT2D eigenvalue weighted by Gasteiger charge is -2.04. The van der Waals surface area contributed by atoms with Gasteiger partial charge in [-0.25, -0.2) is 4.98 Å². The Bertz CT molecular complexity index is 542. The highest BCUT2D eigenvalue weighted by Crippen LogP contribution is 2.02. The molecule has 0 atom stereocenters. The van der Waals surface area contributed by atoms with E-state index in [1.165, 1.54) is 0 Å². The summed E-state index contributed by atoms with van der Waals surface area (Å²) in [5, 5.41) is 7.65. The third kappa shape index (κ3) is 1.83. The molecule has 0 unspecified atom stereocenters. The lowest BCUT2D eigenvalue weighted by molar-refractivity contribution is 0.593. The second-order valence-corrected chi connectivity index (χ2v) is 3.71. The SMILES string of the molecule is CNCCCn1cnc2c(cnn2C)c1=O. The Balaban J connectivity index is 2.34. The van der Waals surface area contributed by atoms with E-state index in [1.54, 1.807) is 28.8 Å². The molecule has 0 aliphatic carbocycles.